The lowest BCUT2D eigenvalue weighted by atomic mass is 10.1. The molecule has 0 saturated carbocycles. The van der Waals surface area contributed by atoms with Crippen molar-refractivity contribution in [1.82, 2.24) is 0 Å². The SMILES string of the molecule is Cc1cc(C)c(S(=O)(=O)O)cc1N=Nc1cc(N=Nc2ccc(S(=O)(=O)O)cc2)c(O)cc1O. The van der Waals surface area contributed by atoms with Gasteiger partial charge in [0.25, 0.3) is 20.2 Å². The first-order valence-corrected chi connectivity index (χ1v) is 12.2. The summed E-state index contributed by atoms with van der Waals surface area (Å²) < 4.78 is 63.6. The Morgan fingerprint density at radius 2 is 1.15 bits per heavy atom. The second-order valence-electron chi connectivity index (χ2n) is 7.08. The Hall–Kier alpha value is -3.72. The van der Waals surface area contributed by atoms with E-state index in [2.05, 4.69) is 20.5 Å². The number of aromatic hydroxyl groups is 2. The average Bonchev–Trinajstić information content (AvgIpc) is 2.72. The molecular formula is C20H18N4O8S2. The molecule has 12 nitrogen and oxygen atoms in total. The fraction of sp³-hybridized carbons (Fsp3) is 0.100. The molecule has 0 saturated heterocycles. The van der Waals surface area contributed by atoms with E-state index in [0.29, 0.717) is 11.1 Å². The second-order valence-corrected chi connectivity index (χ2v) is 9.89. The highest BCUT2D eigenvalue weighted by Gasteiger charge is 2.16. The summed E-state index contributed by atoms with van der Waals surface area (Å²) in [5, 5.41) is 35.6. The smallest absolute Gasteiger partial charge is 0.294 e. The van der Waals surface area contributed by atoms with Gasteiger partial charge in [0.05, 0.1) is 21.2 Å². The molecule has 14 heteroatoms. The molecule has 3 aromatic carbocycles. The first kappa shape index (κ1) is 24.9. The second kappa shape index (κ2) is 9.26. The molecule has 0 aliphatic carbocycles. The van der Waals surface area contributed by atoms with Gasteiger partial charge in [0.2, 0.25) is 0 Å². The van der Waals surface area contributed by atoms with Crippen LogP contribution in [0.25, 0.3) is 0 Å². The minimum absolute atomic E-state index is 0.107. The minimum atomic E-state index is -4.48. The molecule has 0 spiro atoms. The number of nitrogens with zero attached hydrogens (tertiary/aromatic N) is 4. The topological polar surface area (TPSA) is 199 Å². The lowest BCUT2D eigenvalue weighted by molar-refractivity contribution is 0.452. The van der Waals surface area contributed by atoms with Crippen LogP contribution in [0.3, 0.4) is 0 Å². The van der Waals surface area contributed by atoms with Gasteiger partial charge in [-0.1, -0.05) is 6.07 Å². The van der Waals surface area contributed by atoms with Crippen molar-refractivity contribution >= 4 is 43.0 Å². The summed E-state index contributed by atoms with van der Waals surface area (Å²) in [4.78, 5) is -0.665. The zero-order valence-corrected chi connectivity index (χ0v) is 19.3. The Labute approximate surface area is 194 Å². The van der Waals surface area contributed by atoms with Gasteiger partial charge in [0.1, 0.15) is 22.9 Å². The molecule has 3 aromatic rings. The van der Waals surface area contributed by atoms with Crippen molar-refractivity contribution in [2.45, 2.75) is 23.6 Å². The number of benzene rings is 3. The Balaban J connectivity index is 1.94. The van der Waals surface area contributed by atoms with Gasteiger partial charge in [0.15, 0.2) is 0 Å². The third-order valence-electron chi connectivity index (χ3n) is 4.52. The lowest BCUT2D eigenvalue weighted by Gasteiger charge is -2.07. The van der Waals surface area contributed by atoms with Gasteiger partial charge in [-0.15, -0.1) is 10.2 Å². The van der Waals surface area contributed by atoms with Crippen molar-refractivity contribution < 1.29 is 36.2 Å². The molecule has 0 bridgehead atoms. The Morgan fingerprint density at radius 3 is 1.68 bits per heavy atom. The van der Waals surface area contributed by atoms with Crippen LogP contribution in [0.2, 0.25) is 0 Å². The van der Waals surface area contributed by atoms with Crippen LogP contribution < -0.4 is 0 Å². The number of azo groups is 2. The fourth-order valence-electron chi connectivity index (χ4n) is 2.83. The molecule has 34 heavy (non-hydrogen) atoms. The van der Waals surface area contributed by atoms with Crippen molar-refractivity contribution in [3.05, 3.63) is 59.7 Å². The van der Waals surface area contributed by atoms with Crippen molar-refractivity contribution in [3.8, 4) is 11.5 Å². The van der Waals surface area contributed by atoms with Gasteiger partial charge >= 0.3 is 0 Å². The number of phenolic OH excluding ortho intramolecular Hbond substituents is 2. The van der Waals surface area contributed by atoms with Crippen molar-refractivity contribution in [3.63, 3.8) is 0 Å². The summed E-state index contributed by atoms with van der Waals surface area (Å²) in [5.41, 5.74) is 0.967. The van der Waals surface area contributed by atoms with Crippen LogP contribution in [-0.4, -0.2) is 36.2 Å². The first-order valence-electron chi connectivity index (χ1n) is 9.31. The van der Waals surface area contributed by atoms with Crippen molar-refractivity contribution in [2.24, 2.45) is 20.5 Å². The summed E-state index contributed by atoms with van der Waals surface area (Å²) in [5.74, 6) is -0.882. The van der Waals surface area contributed by atoms with Crippen LogP contribution in [-0.2, 0) is 20.2 Å². The van der Waals surface area contributed by atoms with Crippen LogP contribution >= 0.6 is 0 Å². The highest BCUT2D eigenvalue weighted by molar-refractivity contribution is 7.86. The molecule has 0 aromatic heterocycles. The maximum atomic E-state index is 11.5. The van der Waals surface area contributed by atoms with E-state index < -0.39 is 31.7 Å². The zero-order chi connectivity index (χ0) is 25.3. The van der Waals surface area contributed by atoms with Crippen molar-refractivity contribution in [1.29, 1.82) is 0 Å². The summed E-state index contributed by atoms with van der Waals surface area (Å²) in [7, 11) is -8.84. The van der Waals surface area contributed by atoms with Gasteiger partial charge in [-0.3, -0.25) is 9.11 Å². The van der Waals surface area contributed by atoms with Crippen LogP contribution in [0, 0.1) is 13.8 Å². The molecule has 0 heterocycles. The molecular weight excluding hydrogens is 488 g/mol. The highest BCUT2D eigenvalue weighted by Crippen LogP contribution is 2.40. The van der Waals surface area contributed by atoms with E-state index >= 15 is 0 Å². The standard InChI is InChI=1S/C20H18N4O8S2/c1-11-7-12(2)20(34(30,31)32)9-15(11)22-24-17-8-16(18(25)10-19(17)26)23-21-13-3-5-14(6-4-13)33(27,28)29/h3-10,25-26H,1-2H3,(H,27,28,29)(H,30,31,32). The predicted octanol–water partition coefficient (Wildman–Crippen LogP) is 5.04. The molecule has 4 N–H and O–H groups in total. The summed E-state index contributed by atoms with van der Waals surface area (Å²) in [6.45, 7) is 3.16. The first-order chi connectivity index (χ1) is 15.8. The van der Waals surface area contributed by atoms with Crippen LogP contribution in [0.5, 0.6) is 11.5 Å². The van der Waals surface area contributed by atoms with Gasteiger partial charge in [-0.05, 0) is 55.3 Å². The number of hydrogen-bond donors (Lipinski definition) is 4. The van der Waals surface area contributed by atoms with E-state index in [-0.39, 0.29) is 32.5 Å². The van der Waals surface area contributed by atoms with E-state index in [1.54, 1.807) is 6.92 Å². The predicted molar refractivity (Wildman–Crippen MR) is 120 cm³/mol. The van der Waals surface area contributed by atoms with E-state index in [1.807, 2.05) is 0 Å². The Bertz CT molecular complexity index is 1530. The van der Waals surface area contributed by atoms with Crippen LogP contribution in [0.4, 0.5) is 22.7 Å². The maximum absolute atomic E-state index is 11.5. The van der Waals surface area contributed by atoms with Crippen LogP contribution in [0.1, 0.15) is 11.1 Å². The number of aryl methyl sites for hydroxylation is 2. The molecule has 3 rings (SSSR count). The normalized spacial score (nSPS) is 12.6. The third-order valence-corrected chi connectivity index (χ3v) is 6.38. The third kappa shape index (κ3) is 5.79. The van der Waals surface area contributed by atoms with Crippen LogP contribution in [0.15, 0.2) is 78.8 Å². The molecule has 0 unspecified atom stereocenters. The Morgan fingerprint density at radius 1 is 0.618 bits per heavy atom. The zero-order valence-electron chi connectivity index (χ0n) is 17.6. The molecule has 0 aliphatic rings. The van der Waals surface area contributed by atoms with Gasteiger partial charge in [-0.2, -0.15) is 27.1 Å². The summed E-state index contributed by atoms with van der Waals surface area (Å²) in [6.07, 6.45) is 0. The number of rotatable bonds is 6. The minimum Gasteiger partial charge on any atom is -0.505 e. The average molecular weight is 507 g/mol. The maximum Gasteiger partial charge on any atom is 0.294 e. The molecule has 178 valence electrons. The molecule has 0 amide bonds. The lowest BCUT2D eigenvalue weighted by Crippen LogP contribution is -2.01. The number of hydrogen-bond acceptors (Lipinski definition) is 10. The number of phenols is 2. The van der Waals surface area contributed by atoms with Gasteiger partial charge in [-0.25, -0.2) is 0 Å². The highest BCUT2D eigenvalue weighted by atomic mass is 32.2. The molecule has 0 fully saturated rings. The van der Waals surface area contributed by atoms with E-state index in [4.69, 9.17) is 4.55 Å². The molecule has 0 aliphatic heterocycles. The van der Waals surface area contributed by atoms with Crippen molar-refractivity contribution in [2.75, 3.05) is 0 Å². The monoisotopic (exact) mass is 506 g/mol. The van der Waals surface area contributed by atoms with E-state index in [1.165, 1.54) is 25.1 Å². The molecule has 0 atom stereocenters. The van der Waals surface area contributed by atoms with Gasteiger partial charge in [0, 0.05) is 12.1 Å². The summed E-state index contributed by atoms with van der Waals surface area (Å²) >= 11 is 0. The van der Waals surface area contributed by atoms with E-state index in [9.17, 15) is 31.6 Å². The Kier molecular flexibility index (Phi) is 6.79. The fourth-order valence-corrected chi connectivity index (χ4v) is 4.03. The van der Waals surface area contributed by atoms with Gasteiger partial charge < -0.3 is 10.2 Å². The quantitative estimate of drug-likeness (QED) is 0.263. The summed E-state index contributed by atoms with van der Waals surface area (Å²) in [6, 6.07) is 9.54. The molecule has 0 radical (unpaired) electrons. The largest absolute Gasteiger partial charge is 0.505 e. The van der Waals surface area contributed by atoms with E-state index in [0.717, 1.165) is 30.3 Å².